The largest absolute Gasteiger partial charge is 0.350 e. The Morgan fingerprint density at radius 1 is 1.31 bits per heavy atom. The van der Waals surface area contributed by atoms with Gasteiger partial charge in [-0.2, -0.15) is 9.78 Å². The molecule has 0 aliphatic rings. The molecule has 16 heavy (non-hydrogen) atoms. The number of hydrogen-bond donors (Lipinski definition) is 1. The van der Waals surface area contributed by atoms with Gasteiger partial charge >= 0.3 is 6.03 Å². The summed E-state index contributed by atoms with van der Waals surface area (Å²) < 4.78 is 13.7. The van der Waals surface area contributed by atoms with Crippen LogP contribution in [0.5, 0.6) is 0 Å². The number of halogens is 1. The minimum absolute atomic E-state index is 0.272. The van der Waals surface area contributed by atoms with E-state index in [1.807, 2.05) is 0 Å². The van der Waals surface area contributed by atoms with Crippen LogP contribution in [0.1, 0.15) is 11.3 Å². The zero-order chi connectivity index (χ0) is 11.5. The molecule has 0 fully saturated rings. The maximum Gasteiger partial charge on any atom is 0.339 e. The van der Waals surface area contributed by atoms with Crippen LogP contribution in [0.15, 0.2) is 36.5 Å². The summed E-state index contributed by atoms with van der Waals surface area (Å²) >= 11 is 0. The molecule has 0 bridgehead atoms. The average molecular weight is 219 g/mol. The van der Waals surface area contributed by atoms with Crippen LogP contribution < -0.4 is 5.73 Å². The third-order valence-electron chi connectivity index (χ3n) is 2.17. The fourth-order valence-corrected chi connectivity index (χ4v) is 1.39. The zero-order valence-corrected chi connectivity index (χ0v) is 8.43. The highest BCUT2D eigenvalue weighted by Crippen LogP contribution is 2.08. The van der Waals surface area contributed by atoms with E-state index in [1.165, 1.54) is 18.3 Å². The lowest BCUT2D eigenvalue weighted by Gasteiger charge is -1.97. The predicted octanol–water partition coefficient (Wildman–Crippen LogP) is 1.54. The van der Waals surface area contributed by atoms with Gasteiger partial charge in [0.1, 0.15) is 5.82 Å². The first kappa shape index (κ1) is 10.4. The summed E-state index contributed by atoms with van der Waals surface area (Å²) in [7, 11) is 0. The molecule has 4 nitrogen and oxygen atoms in total. The van der Waals surface area contributed by atoms with Gasteiger partial charge in [-0.15, -0.1) is 0 Å². The third kappa shape index (κ3) is 2.25. The monoisotopic (exact) mass is 219 g/mol. The van der Waals surface area contributed by atoms with Gasteiger partial charge < -0.3 is 5.73 Å². The Labute approximate surface area is 91.5 Å². The summed E-state index contributed by atoms with van der Waals surface area (Å²) in [4.78, 5) is 10.8. The van der Waals surface area contributed by atoms with Crippen molar-refractivity contribution in [3.63, 3.8) is 0 Å². The minimum atomic E-state index is -0.620. The number of nitrogens with two attached hydrogens (primary N) is 1. The lowest BCUT2D eigenvalue weighted by molar-refractivity contribution is 0.247. The molecule has 0 aliphatic heterocycles. The van der Waals surface area contributed by atoms with Crippen molar-refractivity contribution < 1.29 is 9.18 Å². The number of benzene rings is 1. The Morgan fingerprint density at radius 2 is 2.00 bits per heavy atom. The van der Waals surface area contributed by atoms with Crippen LogP contribution in [0, 0.1) is 5.82 Å². The molecule has 82 valence electrons. The second-order valence-corrected chi connectivity index (χ2v) is 3.39. The van der Waals surface area contributed by atoms with E-state index in [1.54, 1.807) is 18.2 Å². The first-order valence-electron chi connectivity index (χ1n) is 4.74. The number of carbonyl (C=O) groups excluding carboxylic acids is 1. The number of nitrogens with zero attached hydrogens (tertiary/aromatic N) is 2. The first-order chi connectivity index (χ1) is 7.65. The van der Waals surface area contributed by atoms with E-state index in [0.717, 1.165) is 10.2 Å². The molecule has 0 unspecified atom stereocenters. The van der Waals surface area contributed by atoms with Gasteiger partial charge in [0.15, 0.2) is 0 Å². The standard InChI is InChI=1S/C11H10FN3O/c12-9-3-1-8(2-4-9)7-10-5-6-15(14-10)11(13)16/h1-6H,7H2,(H2,13,16). The van der Waals surface area contributed by atoms with E-state index in [4.69, 9.17) is 5.73 Å². The number of carbonyl (C=O) groups is 1. The molecule has 1 aromatic carbocycles. The molecule has 2 N–H and O–H groups in total. The minimum Gasteiger partial charge on any atom is -0.350 e. The molecule has 0 saturated carbocycles. The Morgan fingerprint density at radius 3 is 2.56 bits per heavy atom. The molecular formula is C11H10FN3O. The van der Waals surface area contributed by atoms with Crippen molar-refractivity contribution in [3.05, 3.63) is 53.6 Å². The molecule has 5 heteroatoms. The van der Waals surface area contributed by atoms with Gasteiger partial charge in [0.2, 0.25) is 0 Å². The average Bonchev–Trinajstić information content (AvgIpc) is 2.70. The van der Waals surface area contributed by atoms with Crippen LogP contribution in [0.25, 0.3) is 0 Å². The molecule has 0 saturated heterocycles. The van der Waals surface area contributed by atoms with E-state index >= 15 is 0 Å². The Bertz CT molecular complexity index is 504. The van der Waals surface area contributed by atoms with Gasteiger partial charge in [-0.1, -0.05) is 12.1 Å². The van der Waals surface area contributed by atoms with E-state index in [9.17, 15) is 9.18 Å². The number of aromatic nitrogens is 2. The predicted molar refractivity (Wildman–Crippen MR) is 56.4 cm³/mol. The number of hydrogen-bond acceptors (Lipinski definition) is 2. The molecule has 1 aromatic heterocycles. The highest BCUT2D eigenvalue weighted by molar-refractivity contribution is 5.73. The van der Waals surface area contributed by atoms with Crippen LogP contribution in [-0.2, 0) is 6.42 Å². The number of amides is 1. The smallest absolute Gasteiger partial charge is 0.339 e. The third-order valence-corrected chi connectivity index (χ3v) is 2.17. The molecule has 0 aliphatic carbocycles. The molecule has 2 aromatic rings. The van der Waals surface area contributed by atoms with Crippen LogP contribution >= 0.6 is 0 Å². The van der Waals surface area contributed by atoms with Crippen molar-refractivity contribution in [1.82, 2.24) is 9.78 Å². The van der Waals surface area contributed by atoms with E-state index in [0.29, 0.717) is 12.1 Å². The lowest BCUT2D eigenvalue weighted by Crippen LogP contribution is -2.20. The summed E-state index contributed by atoms with van der Waals surface area (Å²) in [5.41, 5.74) is 6.69. The van der Waals surface area contributed by atoms with Crippen molar-refractivity contribution >= 4 is 6.03 Å². The maximum absolute atomic E-state index is 12.7. The second kappa shape index (κ2) is 4.14. The van der Waals surface area contributed by atoms with Crippen molar-refractivity contribution in [3.8, 4) is 0 Å². The van der Waals surface area contributed by atoms with Gasteiger partial charge in [0, 0.05) is 12.6 Å². The molecule has 1 heterocycles. The van der Waals surface area contributed by atoms with Crippen molar-refractivity contribution in [1.29, 1.82) is 0 Å². The number of primary amides is 1. The molecular weight excluding hydrogens is 209 g/mol. The van der Waals surface area contributed by atoms with Crippen LogP contribution in [0.2, 0.25) is 0 Å². The van der Waals surface area contributed by atoms with E-state index in [2.05, 4.69) is 5.10 Å². The molecule has 1 amide bonds. The fourth-order valence-electron chi connectivity index (χ4n) is 1.39. The van der Waals surface area contributed by atoms with Gasteiger partial charge in [0.25, 0.3) is 0 Å². The van der Waals surface area contributed by atoms with Gasteiger partial charge in [-0.25, -0.2) is 9.18 Å². The SMILES string of the molecule is NC(=O)n1ccc(Cc2ccc(F)cc2)n1. The second-order valence-electron chi connectivity index (χ2n) is 3.39. The van der Waals surface area contributed by atoms with Gasteiger partial charge in [-0.05, 0) is 23.8 Å². The first-order valence-corrected chi connectivity index (χ1v) is 4.74. The highest BCUT2D eigenvalue weighted by Gasteiger charge is 2.03. The van der Waals surface area contributed by atoms with Crippen LogP contribution in [-0.4, -0.2) is 15.8 Å². The van der Waals surface area contributed by atoms with Crippen molar-refractivity contribution in [2.75, 3.05) is 0 Å². The molecule has 0 atom stereocenters. The summed E-state index contributed by atoms with van der Waals surface area (Å²) in [5, 5.41) is 3.98. The molecule has 0 spiro atoms. The van der Waals surface area contributed by atoms with Crippen LogP contribution in [0.4, 0.5) is 9.18 Å². The zero-order valence-electron chi connectivity index (χ0n) is 8.43. The highest BCUT2D eigenvalue weighted by atomic mass is 19.1. The van der Waals surface area contributed by atoms with Gasteiger partial charge in [0.05, 0.1) is 5.69 Å². The Balaban J connectivity index is 2.14. The quantitative estimate of drug-likeness (QED) is 0.832. The maximum atomic E-state index is 12.7. The van der Waals surface area contributed by atoms with E-state index in [-0.39, 0.29) is 5.82 Å². The topological polar surface area (TPSA) is 60.9 Å². The van der Waals surface area contributed by atoms with Crippen molar-refractivity contribution in [2.24, 2.45) is 5.73 Å². The number of rotatable bonds is 2. The van der Waals surface area contributed by atoms with E-state index < -0.39 is 6.03 Å². The molecule has 2 rings (SSSR count). The summed E-state index contributed by atoms with van der Waals surface area (Å²) in [6.07, 6.45) is 2.04. The Hall–Kier alpha value is -2.17. The summed E-state index contributed by atoms with van der Waals surface area (Å²) in [6.45, 7) is 0. The van der Waals surface area contributed by atoms with Gasteiger partial charge in [-0.3, -0.25) is 0 Å². The normalized spacial score (nSPS) is 10.3. The Kier molecular flexibility index (Phi) is 2.68. The summed E-state index contributed by atoms with van der Waals surface area (Å²) in [5.74, 6) is -0.272. The fraction of sp³-hybridized carbons (Fsp3) is 0.0909. The van der Waals surface area contributed by atoms with Crippen molar-refractivity contribution in [2.45, 2.75) is 6.42 Å². The lowest BCUT2D eigenvalue weighted by atomic mass is 10.1. The summed E-state index contributed by atoms with van der Waals surface area (Å²) in [6, 6.07) is 7.22. The molecule has 0 radical (unpaired) electrons. The van der Waals surface area contributed by atoms with Crippen LogP contribution in [0.3, 0.4) is 0 Å².